The zero-order chi connectivity index (χ0) is 13.1. The Labute approximate surface area is 127 Å². The number of benzene rings is 1. The minimum absolute atomic E-state index is 0.531. The van der Waals surface area contributed by atoms with Gasteiger partial charge in [-0.25, -0.2) is 0 Å². The fraction of sp³-hybridized carbons (Fsp3) is 0.533. The molecule has 1 aliphatic carbocycles. The maximum atomic E-state index is 4.76. The lowest BCUT2D eigenvalue weighted by atomic mass is 9.89. The molecule has 0 amide bonds. The third-order valence-electron chi connectivity index (χ3n) is 4.13. The van der Waals surface area contributed by atoms with E-state index in [0.717, 1.165) is 22.7 Å². The molecule has 0 saturated heterocycles. The van der Waals surface area contributed by atoms with Crippen molar-refractivity contribution in [1.29, 1.82) is 0 Å². The molecular weight excluding hydrogens is 320 g/mol. The molecule has 1 spiro atoms. The predicted molar refractivity (Wildman–Crippen MR) is 86.6 cm³/mol. The summed E-state index contributed by atoms with van der Waals surface area (Å²) in [6.07, 6.45) is 5.55. The molecule has 3 rings (SSSR count). The summed E-state index contributed by atoms with van der Waals surface area (Å²) < 4.78 is 1.16. The summed E-state index contributed by atoms with van der Waals surface area (Å²) in [6, 6.07) is 8.35. The van der Waals surface area contributed by atoms with E-state index in [1.807, 2.05) is 17.8 Å². The van der Waals surface area contributed by atoms with Crippen LogP contribution in [0.5, 0.6) is 0 Å². The highest BCUT2D eigenvalue weighted by atomic mass is 79.9. The second-order valence-electron chi connectivity index (χ2n) is 5.56. The summed E-state index contributed by atoms with van der Waals surface area (Å²) in [5.41, 5.74) is 1.82. The summed E-state index contributed by atoms with van der Waals surface area (Å²) in [5, 5.41) is 4.59. The van der Waals surface area contributed by atoms with Gasteiger partial charge >= 0.3 is 0 Å². The highest BCUT2D eigenvalue weighted by Crippen LogP contribution is 2.43. The van der Waals surface area contributed by atoms with Gasteiger partial charge in [0.05, 0.1) is 0 Å². The van der Waals surface area contributed by atoms with Crippen molar-refractivity contribution in [3.05, 3.63) is 34.3 Å². The maximum absolute atomic E-state index is 4.76. The number of hydrogen-bond donors (Lipinski definition) is 1. The van der Waals surface area contributed by atoms with Gasteiger partial charge in [-0.2, -0.15) is 0 Å². The van der Waals surface area contributed by atoms with E-state index in [1.165, 1.54) is 37.0 Å². The second kappa shape index (κ2) is 5.88. The van der Waals surface area contributed by atoms with E-state index < -0.39 is 0 Å². The number of nitrogens with zero attached hydrogens (tertiary/aromatic N) is 1. The van der Waals surface area contributed by atoms with Crippen molar-refractivity contribution in [3.8, 4) is 0 Å². The van der Waals surface area contributed by atoms with Crippen LogP contribution in [0.25, 0.3) is 0 Å². The van der Waals surface area contributed by atoms with Crippen molar-refractivity contribution in [2.75, 3.05) is 12.3 Å². The Morgan fingerprint density at radius 1 is 1.26 bits per heavy atom. The van der Waals surface area contributed by atoms with E-state index in [-0.39, 0.29) is 0 Å². The van der Waals surface area contributed by atoms with Crippen LogP contribution in [0.3, 0.4) is 0 Å². The topological polar surface area (TPSA) is 24.4 Å². The summed E-state index contributed by atoms with van der Waals surface area (Å²) in [5.74, 6) is 1.24. The lowest BCUT2D eigenvalue weighted by molar-refractivity contribution is 0.358. The van der Waals surface area contributed by atoms with Crippen LogP contribution in [0.4, 0.5) is 0 Å². The van der Waals surface area contributed by atoms with Crippen LogP contribution >= 0.6 is 27.7 Å². The highest BCUT2D eigenvalue weighted by Gasteiger charge is 2.36. The molecule has 0 atom stereocenters. The minimum Gasteiger partial charge on any atom is -0.361 e. The molecule has 19 heavy (non-hydrogen) atoms. The highest BCUT2D eigenvalue weighted by molar-refractivity contribution is 9.10. The Hall–Kier alpha value is -0.480. The normalized spacial score (nSPS) is 21.4. The molecule has 1 aliphatic heterocycles. The lowest BCUT2D eigenvalue weighted by Crippen LogP contribution is -2.33. The van der Waals surface area contributed by atoms with Crippen LogP contribution in [0.15, 0.2) is 33.7 Å². The van der Waals surface area contributed by atoms with Crippen LogP contribution < -0.4 is 5.32 Å². The average molecular weight is 339 g/mol. The molecule has 2 nitrogen and oxygen atoms in total. The van der Waals surface area contributed by atoms with Gasteiger partial charge in [-0.15, -0.1) is 0 Å². The Morgan fingerprint density at radius 3 is 2.74 bits per heavy atom. The number of aliphatic imine (C=N–C) groups is 1. The minimum atomic E-state index is 0.531. The van der Waals surface area contributed by atoms with Crippen molar-refractivity contribution in [1.82, 2.24) is 5.32 Å². The fourth-order valence-corrected chi connectivity index (χ4v) is 4.48. The maximum Gasteiger partial charge on any atom is 0.156 e. The van der Waals surface area contributed by atoms with Gasteiger partial charge in [0, 0.05) is 23.3 Å². The summed E-state index contributed by atoms with van der Waals surface area (Å²) >= 11 is 5.49. The Bertz CT molecular complexity index is 481. The van der Waals surface area contributed by atoms with E-state index in [1.54, 1.807) is 0 Å². The summed E-state index contributed by atoms with van der Waals surface area (Å²) in [6.45, 7) is 1.87. The van der Waals surface area contributed by atoms with Gasteiger partial charge in [-0.05, 0) is 29.9 Å². The van der Waals surface area contributed by atoms with Crippen molar-refractivity contribution in [2.24, 2.45) is 10.4 Å². The third kappa shape index (κ3) is 3.16. The van der Waals surface area contributed by atoms with E-state index in [0.29, 0.717) is 5.41 Å². The average Bonchev–Trinajstić information content (AvgIpc) is 2.88. The molecule has 0 bridgehead atoms. The zero-order valence-corrected chi connectivity index (χ0v) is 13.4. The van der Waals surface area contributed by atoms with Gasteiger partial charge in [0.1, 0.15) is 0 Å². The molecular formula is C15H19BrN2S. The lowest BCUT2D eigenvalue weighted by Gasteiger charge is -2.31. The number of thioether (sulfide) groups is 1. The molecule has 0 unspecified atom stereocenters. The predicted octanol–water partition coefficient (Wildman–Crippen LogP) is 4.20. The standard InChI is InChI=1S/C15H19BrN2S/c16-13-6-2-1-5-12(13)9-17-14-18-10-15(11-19-14)7-3-4-8-15/h1-2,5-6H,3-4,7-11H2,(H,17,18). The van der Waals surface area contributed by atoms with Gasteiger partial charge in [-0.1, -0.05) is 58.7 Å². The molecule has 0 aromatic heterocycles. The number of hydrogen-bond acceptors (Lipinski definition) is 3. The molecule has 4 heteroatoms. The first-order valence-electron chi connectivity index (χ1n) is 6.92. The number of amidine groups is 1. The first-order chi connectivity index (χ1) is 9.27. The van der Waals surface area contributed by atoms with Crippen LogP contribution in [-0.2, 0) is 6.54 Å². The smallest absolute Gasteiger partial charge is 0.156 e. The number of halogens is 1. The Kier molecular flexibility index (Phi) is 4.18. The molecule has 1 saturated carbocycles. The SMILES string of the molecule is Brc1ccccc1CNC1=NCC2(CCCC2)CS1. The van der Waals surface area contributed by atoms with Gasteiger partial charge in [0.2, 0.25) is 0 Å². The molecule has 1 aromatic carbocycles. The van der Waals surface area contributed by atoms with Gasteiger partial charge < -0.3 is 5.32 Å². The van der Waals surface area contributed by atoms with E-state index in [9.17, 15) is 0 Å². The van der Waals surface area contributed by atoms with Crippen LogP contribution in [0.2, 0.25) is 0 Å². The summed E-state index contributed by atoms with van der Waals surface area (Å²) in [7, 11) is 0. The molecule has 1 N–H and O–H groups in total. The van der Waals surface area contributed by atoms with Crippen molar-refractivity contribution in [3.63, 3.8) is 0 Å². The quantitative estimate of drug-likeness (QED) is 0.873. The van der Waals surface area contributed by atoms with Crippen LogP contribution in [0, 0.1) is 5.41 Å². The largest absolute Gasteiger partial charge is 0.361 e. The van der Waals surface area contributed by atoms with Crippen molar-refractivity contribution < 1.29 is 0 Å². The third-order valence-corrected chi connectivity index (χ3v) is 6.20. The van der Waals surface area contributed by atoms with E-state index >= 15 is 0 Å². The van der Waals surface area contributed by atoms with Crippen molar-refractivity contribution in [2.45, 2.75) is 32.2 Å². The van der Waals surface area contributed by atoms with Gasteiger partial charge in [-0.3, -0.25) is 4.99 Å². The summed E-state index contributed by atoms with van der Waals surface area (Å²) in [4.78, 5) is 4.76. The molecule has 1 fully saturated rings. The van der Waals surface area contributed by atoms with E-state index in [2.05, 4.69) is 39.4 Å². The Morgan fingerprint density at radius 2 is 2.05 bits per heavy atom. The van der Waals surface area contributed by atoms with E-state index in [4.69, 9.17) is 4.99 Å². The Balaban J connectivity index is 1.57. The molecule has 1 aromatic rings. The second-order valence-corrected chi connectivity index (χ2v) is 7.38. The fourth-order valence-electron chi connectivity index (χ4n) is 2.90. The zero-order valence-electron chi connectivity index (χ0n) is 11.0. The number of nitrogens with one attached hydrogen (secondary N) is 1. The van der Waals surface area contributed by atoms with Crippen molar-refractivity contribution >= 4 is 32.9 Å². The first-order valence-corrected chi connectivity index (χ1v) is 8.70. The van der Waals surface area contributed by atoms with Crippen LogP contribution in [-0.4, -0.2) is 17.5 Å². The first kappa shape index (κ1) is 13.5. The van der Waals surface area contributed by atoms with Gasteiger partial charge in [0.25, 0.3) is 0 Å². The molecule has 102 valence electrons. The molecule has 0 radical (unpaired) electrons. The van der Waals surface area contributed by atoms with Gasteiger partial charge in [0.15, 0.2) is 5.17 Å². The molecule has 1 heterocycles. The monoisotopic (exact) mass is 338 g/mol. The van der Waals surface area contributed by atoms with Crippen LogP contribution in [0.1, 0.15) is 31.2 Å². The molecule has 2 aliphatic rings. The number of rotatable bonds is 2.